The second-order valence-electron chi connectivity index (χ2n) is 4.55. The van der Waals surface area contributed by atoms with E-state index in [2.05, 4.69) is 5.32 Å². The van der Waals surface area contributed by atoms with Crippen molar-refractivity contribution in [2.45, 2.75) is 12.2 Å². The fourth-order valence-electron chi connectivity index (χ4n) is 2.31. The van der Waals surface area contributed by atoms with E-state index in [1.54, 1.807) is 18.2 Å². The molecule has 2 aliphatic rings. The highest BCUT2D eigenvalue weighted by Gasteiger charge is 2.32. The van der Waals surface area contributed by atoms with E-state index in [0.29, 0.717) is 24.3 Å². The van der Waals surface area contributed by atoms with Gasteiger partial charge in [0.25, 0.3) is 11.7 Å². The molecule has 0 bridgehead atoms. The summed E-state index contributed by atoms with van der Waals surface area (Å²) in [5.41, 5.74) is 1.61. The topological polar surface area (TPSA) is 89.9 Å². The molecule has 1 fully saturated rings. The van der Waals surface area contributed by atoms with E-state index >= 15 is 0 Å². The van der Waals surface area contributed by atoms with Gasteiger partial charge in [-0.1, -0.05) is 0 Å². The predicted molar refractivity (Wildman–Crippen MR) is 63.6 cm³/mol. The summed E-state index contributed by atoms with van der Waals surface area (Å²) in [4.78, 5) is 24.5. The van der Waals surface area contributed by atoms with Gasteiger partial charge in [0.2, 0.25) is 0 Å². The number of hydrogen-bond donors (Lipinski definition) is 3. The Kier molecular flexibility index (Phi) is 2.36. The first kappa shape index (κ1) is 11.2. The van der Waals surface area contributed by atoms with Gasteiger partial charge in [-0.2, -0.15) is 0 Å². The average Bonchev–Trinajstić information content (AvgIpc) is 2.81. The van der Waals surface area contributed by atoms with Crippen LogP contribution in [-0.4, -0.2) is 47.2 Å². The Bertz CT molecular complexity index is 533. The Hall–Kier alpha value is -1.92. The Morgan fingerprint density at radius 2 is 1.83 bits per heavy atom. The highest BCUT2D eigenvalue weighted by Crippen LogP contribution is 2.30. The zero-order valence-corrected chi connectivity index (χ0v) is 9.46. The number of aliphatic hydroxyl groups excluding tert-OH is 2. The number of nitrogens with one attached hydrogen (secondary N) is 1. The van der Waals surface area contributed by atoms with E-state index < -0.39 is 23.9 Å². The molecule has 0 spiro atoms. The second kappa shape index (κ2) is 3.79. The van der Waals surface area contributed by atoms with Gasteiger partial charge in [0.1, 0.15) is 0 Å². The lowest BCUT2D eigenvalue weighted by Crippen LogP contribution is -2.22. The maximum Gasteiger partial charge on any atom is 0.296 e. The Morgan fingerprint density at radius 3 is 2.50 bits per heavy atom. The average molecular weight is 248 g/mol. The van der Waals surface area contributed by atoms with Crippen molar-refractivity contribution >= 4 is 23.1 Å². The molecule has 1 saturated heterocycles. The number of β-amino-alcohol motifs (C(OH)–C–C–N with tert-alkyl or cyclic N) is 2. The zero-order chi connectivity index (χ0) is 12.9. The summed E-state index contributed by atoms with van der Waals surface area (Å²) in [6.45, 7) is 0.670. The third kappa shape index (κ3) is 1.58. The van der Waals surface area contributed by atoms with Crippen molar-refractivity contribution in [2.75, 3.05) is 23.3 Å². The molecule has 2 heterocycles. The molecule has 94 valence electrons. The number of fused-ring (bicyclic) bond motifs is 1. The van der Waals surface area contributed by atoms with Crippen molar-refractivity contribution in [3.05, 3.63) is 23.8 Å². The van der Waals surface area contributed by atoms with Crippen molar-refractivity contribution < 1.29 is 19.8 Å². The summed E-state index contributed by atoms with van der Waals surface area (Å²) in [7, 11) is 0. The van der Waals surface area contributed by atoms with Crippen molar-refractivity contribution in [3.63, 3.8) is 0 Å². The normalized spacial score (nSPS) is 26.4. The maximum atomic E-state index is 11.4. The Balaban J connectivity index is 1.91. The van der Waals surface area contributed by atoms with E-state index in [0.717, 1.165) is 5.69 Å². The van der Waals surface area contributed by atoms with Crippen molar-refractivity contribution in [2.24, 2.45) is 0 Å². The molecule has 6 nitrogen and oxygen atoms in total. The number of anilines is 2. The number of carbonyl (C=O) groups excluding carboxylic acids is 2. The number of Topliss-reactive ketones (excluding diaryl/α,β-unsaturated/α-hetero) is 1. The third-order valence-electron chi connectivity index (χ3n) is 3.33. The molecule has 0 aromatic heterocycles. The van der Waals surface area contributed by atoms with Crippen molar-refractivity contribution in [3.8, 4) is 0 Å². The zero-order valence-electron chi connectivity index (χ0n) is 9.46. The van der Waals surface area contributed by atoms with Gasteiger partial charge >= 0.3 is 0 Å². The SMILES string of the molecule is O=C1Nc2cc(N3CC(O)C(O)C3)ccc2C1=O. The Morgan fingerprint density at radius 1 is 1.17 bits per heavy atom. The lowest BCUT2D eigenvalue weighted by Gasteiger charge is -2.18. The van der Waals surface area contributed by atoms with Crippen LogP contribution in [0, 0.1) is 0 Å². The monoisotopic (exact) mass is 248 g/mol. The molecule has 0 radical (unpaired) electrons. The van der Waals surface area contributed by atoms with Gasteiger partial charge < -0.3 is 20.4 Å². The quantitative estimate of drug-likeness (QED) is 0.575. The van der Waals surface area contributed by atoms with Crippen LogP contribution in [0.1, 0.15) is 10.4 Å². The fourth-order valence-corrected chi connectivity index (χ4v) is 2.31. The molecule has 3 rings (SSSR count). The summed E-state index contributed by atoms with van der Waals surface area (Å²) in [5, 5.41) is 21.5. The molecular formula is C12H12N2O4. The van der Waals surface area contributed by atoms with Crippen LogP contribution in [0.15, 0.2) is 18.2 Å². The number of benzene rings is 1. The highest BCUT2D eigenvalue weighted by atomic mass is 16.3. The van der Waals surface area contributed by atoms with E-state index in [4.69, 9.17) is 0 Å². The van der Waals surface area contributed by atoms with Crippen LogP contribution in [0.5, 0.6) is 0 Å². The van der Waals surface area contributed by atoms with Crippen LogP contribution >= 0.6 is 0 Å². The number of hydrogen-bond acceptors (Lipinski definition) is 5. The second-order valence-corrected chi connectivity index (χ2v) is 4.55. The number of carbonyl (C=O) groups is 2. The van der Waals surface area contributed by atoms with Gasteiger partial charge in [-0.05, 0) is 18.2 Å². The van der Waals surface area contributed by atoms with E-state index in [9.17, 15) is 19.8 Å². The maximum absolute atomic E-state index is 11.4. The largest absolute Gasteiger partial charge is 0.389 e. The molecule has 2 aliphatic heterocycles. The first-order valence-electron chi connectivity index (χ1n) is 5.67. The fraction of sp³-hybridized carbons (Fsp3) is 0.333. The molecule has 2 unspecified atom stereocenters. The first-order valence-corrected chi connectivity index (χ1v) is 5.67. The summed E-state index contributed by atoms with van der Waals surface area (Å²) < 4.78 is 0. The number of amides is 1. The van der Waals surface area contributed by atoms with Crippen LogP contribution in [0.4, 0.5) is 11.4 Å². The lowest BCUT2D eigenvalue weighted by molar-refractivity contribution is -0.112. The number of nitrogens with zero attached hydrogens (tertiary/aromatic N) is 1. The van der Waals surface area contributed by atoms with E-state index in [1.165, 1.54) is 0 Å². The van der Waals surface area contributed by atoms with E-state index in [-0.39, 0.29) is 0 Å². The van der Waals surface area contributed by atoms with Crippen molar-refractivity contribution in [1.29, 1.82) is 0 Å². The van der Waals surface area contributed by atoms with Crippen LogP contribution < -0.4 is 10.2 Å². The molecular weight excluding hydrogens is 236 g/mol. The van der Waals surface area contributed by atoms with Crippen LogP contribution in [-0.2, 0) is 4.79 Å². The molecule has 1 aromatic rings. The summed E-state index contributed by atoms with van der Waals surface area (Å²) in [6.07, 6.45) is -1.54. The smallest absolute Gasteiger partial charge is 0.296 e. The van der Waals surface area contributed by atoms with E-state index in [1.807, 2.05) is 4.90 Å². The number of ketones is 1. The van der Waals surface area contributed by atoms with Gasteiger partial charge in [0, 0.05) is 18.8 Å². The minimum absolute atomic E-state index is 0.335. The minimum Gasteiger partial charge on any atom is -0.389 e. The van der Waals surface area contributed by atoms with Crippen LogP contribution in [0.25, 0.3) is 0 Å². The summed E-state index contributed by atoms with van der Waals surface area (Å²) in [6, 6.07) is 4.98. The molecule has 18 heavy (non-hydrogen) atoms. The van der Waals surface area contributed by atoms with Gasteiger partial charge in [-0.15, -0.1) is 0 Å². The molecule has 6 heteroatoms. The van der Waals surface area contributed by atoms with Gasteiger partial charge in [-0.25, -0.2) is 0 Å². The summed E-state index contributed by atoms with van der Waals surface area (Å²) in [5.74, 6) is -1.15. The first-order chi connectivity index (χ1) is 8.56. The third-order valence-corrected chi connectivity index (χ3v) is 3.33. The Labute approximate surface area is 103 Å². The number of rotatable bonds is 1. The van der Waals surface area contributed by atoms with Gasteiger partial charge in [0.05, 0.1) is 23.5 Å². The molecule has 1 amide bonds. The predicted octanol–water partition coefficient (Wildman–Crippen LogP) is -0.637. The standard InChI is InChI=1S/C12H12N2O4/c15-9-4-14(5-10(9)16)6-1-2-7-8(3-6)13-12(18)11(7)17/h1-3,9-10,15-16H,4-5H2,(H,13,17,18). The molecule has 2 atom stereocenters. The highest BCUT2D eigenvalue weighted by molar-refractivity contribution is 6.51. The van der Waals surface area contributed by atoms with Crippen LogP contribution in [0.3, 0.4) is 0 Å². The molecule has 0 aliphatic carbocycles. The summed E-state index contributed by atoms with van der Waals surface area (Å²) >= 11 is 0. The number of aliphatic hydroxyl groups is 2. The molecule has 1 aromatic carbocycles. The van der Waals surface area contributed by atoms with Crippen molar-refractivity contribution in [1.82, 2.24) is 0 Å². The lowest BCUT2D eigenvalue weighted by atomic mass is 10.1. The minimum atomic E-state index is -0.769. The van der Waals surface area contributed by atoms with Gasteiger partial charge in [0.15, 0.2) is 0 Å². The van der Waals surface area contributed by atoms with Crippen LogP contribution in [0.2, 0.25) is 0 Å². The molecule has 3 N–H and O–H groups in total. The van der Waals surface area contributed by atoms with Gasteiger partial charge in [-0.3, -0.25) is 9.59 Å². The molecule has 0 saturated carbocycles.